The monoisotopic (exact) mass is 291 g/mol. The molecule has 3 rings (SSSR count). The highest BCUT2D eigenvalue weighted by molar-refractivity contribution is 6.03. The number of amides is 3. The standard InChI is InChI=1S/C14H14FN3O3/c15-10-4-8-6-16-5-7(8)3-9(10)13(20)17-11-1-2-12(19)18-14(11)21/h3-4,11,16H,1-2,5-6H2,(H,17,20)(H,18,19,21)/t11-/m0/s1. The van der Waals surface area contributed by atoms with E-state index in [1.165, 1.54) is 12.1 Å². The summed E-state index contributed by atoms with van der Waals surface area (Å²) in [7, 11) is 0. The van der Waals surface area contributed by atoms with Gasteiger partial charge >= 0.3 is 0 Å². The molecule has 1 atom stereocenters. The van der Waals surface area contributed by atoms with Gasteiger partial charge in [0.25, 0.3) is 5.91 Å². The van der Waals surface area contributed by atoms with Crippen LogP contribution in [0.3, 0.4) is 0 Å². The van der Waals surface area contributed by atoms with E-state index in [2.05, 4.69) is 16.0 Å². The molecule has 1 aromatic carbocycles. The Labute approximate surface area is 120 Å². The summed E-state index contributed by atoms with van der Waals surface area (Å²) in [6.45, 7) is 1.18. The van der Waals surface area contributed by atoms with Crippen LogP contribution < -0.4 is 16.0 Å². The number of carbonyl (C=O) groups is 3. The van der Waals surface area contributed by atoms with Crippen LogP contribution in [0.1, 0.15) is 34.3 Å². The average molecular weight is 291 g/mol. The highest BCUT2D eigenvalue weighted by Gasteiger charge is 2.29. The maximum absolute atomic E-state index is 14.0. The van der Waals surface area contributed by atoms with Crippen molar-refractivity contribution in [2.75, 3.05) is 0 Å². The van der Waals surface area contributed by atoms with Gasteiger partial charge in [-0.3, -0.25) is 19.7 Å². The van der Waals surface area contributed by atoms with E-state index < -0.39 is 23.7 Å². The van der Waals surface area contributed by atoms with E-state index in [4.69, 9.17) is 0 Å². The fourth-order valence-electron chi connectivity index (χ4n) is 2.56. The molecule has 3 amide bonds. The maximum atomic E-state index is 14.0. The third-order valence-electron chi connectivity index (χ3n) is 3.71. The first-order chi connectivity index (χ1) is 10.0. The Morgan fingerprint density at radius 1 is 1.24 bits per heavy atom. The topological polar surface area (TPSA) is 87.3 Å². The molecule has 0 aliphatic carbocycles. The van der Waals surface area contributed by atoms with E-state index in [-0.39, 0.29) is 24.3 Å². The molecule has 1 saturated heterocycles. The summed E-state index contributed by atoms with van der Waals surface area (Å²) in [6, 6.07) is 2.04. The zero-order valence-corrected chi connectivity index (χ0v) is 11.2. The summed E-state index contributed by atoms with van der Waals surface area (Å²) in [5, 5.41) is 7.69. The summed E-state index contributed by atoms with van der Waals surface area (Å²) in [6.07, 6.45) is 0.387. The van der Waals surface area contributed by atoms with Crippen molar-refractivity contribution in [3.05, 3.63) is 34.6 Å². The molecule has 7 heteroatoms. The average Bonchev–Trinajstić information content (AvgIpc) is 2.88. The van der Waals surface area contributed by atoms with Gasteiger partial charge in [-0.2, -0.15) is 0 Å². The van der Waals surface area contributed by atoms with Gasteiger partial charge in [0.2, 0.25) is 11.8 Å². The van der Waals surface area contributed by atoms with Crippen molar-refractivity contribution in [2.24, 2.45) is 0 Å². The Bertz CT molecular complexity index is 645. The van der Waals surface area contributed by atoms with Crippen LogP contribution in [0.4, 0.5) is 4.39 Å². The van der Waals surface area contributed by atoms with Gasteiger partial charge in [-0.15, -0.1) is 0 Å². The number of hydrogen-bond donors (Lipinski definition) is 3. The largest absolute Gasteiger partial charge is 0.340 e. The number of hydrogen-bond acceptors (Lipinski definition) is 4. The van der Waals surface area contributed by atoms with Gasteiger partial charge in [0.1, 0.15) is 11.9 Å². The van der Waals surface area contributed by atoms with E-state index in [1.807, 2.05) is 0 Å². The number of imide groups is 1. The molecule has 0 bridgehead atoms. The SMILES string of the molecule is O=C1CC[C@H](NC(=O)c2cc3c(cc2F)CNC3)C(=O)N1. The maximum Gasteiger partial charge on any atom is 0.254 e. The minimum Gasteiger partial charge on any atom is -0.340 e. The predicted molar refractivity (Wildman–Crippen MR) is 70.6 cm³/mol. The molecule has 0 saturated carbocycles. The lowest BCUT2D eigenvalue weighted by Crippen LogP contribution is -2.52. The molecule has 2 heterocycles. The van der Waals surface area contributed by atoms with Crippen LogP contribution in [0.5, 0.6) is 0 Å². The van der Waals surface area contributed by atoms with Crippen molar-refractivity contribution in [1.29, 1.82) is 0 Å². The second-order valence-corrected chi connectivity index (χ2v) is 5.18. The van der Waals surface area contributed by atoms with Crippen molar-refractivity contribution >= 4 is 17.7 Å². The Morgan fingerprint density at radius 2 is 1.95 bits per heavy atom. The molecule has 0 aromatic heterocycles. The first kappa shape index (κ1) is 13.7. The number of rotatable bonds is 2. The molecule has 6 nitrogen and oxygen atoms in total. The number of fused-ring (bicyclic) bond motifs is 1. The van der Waals surface area contributed by atoms with Crippen LogP contribution in [-0.4, -0.2) is 23.8 Å². The van der Waals surface area contributed by atoms with Crippen LogP contribution in [0.25, 0.3) is 0 Å². The van der Waals surface area contributed by atoms with Crippen LogP contribution in [0.15, 0.2) is 12.1 Å². The van der Waals surface area contributed by atoms with Crippen molar-refractivity contribution in [3.63, 3.8) is 0 Å². The molecular formula is C14H14FN3O3. The zero-order valence-electron chi connectivity index (χ0n) is 11.2. The van der Waals surface area contributed by atoms with Crippen LogP contribution in [0, 0.1) is 5.82 Å². The Morgan fingerprint density at radius 3 is 2.67 bits per heavy atom. The Kier molecular flexibility index (Phi) is 3.42. The van der Waals surface area contributed by atoms with Crippen molar-refractivity contribution in [2.45, 2.75) is 32.0 Å². The van der Waals surface area contributed by atoms with Crippen molar-refractivity contribution in [3.8, 4) is 0 Å². The predicted octanol–water partition coefficient (Wildman–Crippen LogP) is -0.0361. The van der Waals surface area contributed by atoms with Gasteiger partial charge in [-0.1, -0.05) is 0 Å². The minimum atomic E-state index is -0.805. The van der Waals surface area contributed by atoms with Crippen LogP contribution >= 0.6 is 0 Å². The van der Waals surface area contributed by atoms with E-state index in [1.54, 1.807) is 0 Å². The fraction of sp³-hybridized carbons (Fsp3) is 0.357. The number of nitrogens with one attached hydrogen (secondary N) is 3. The Hall–Kier alpha value is -2.28. The highest BCUT2D eigenvalue weighted by atomic mass is 19.1. The Balaban J connectivity index is 1.77. The normalized spacial score (nSPS) is 20.9. The molecular weight excluding hydrogens is 277 g/mol. The quantitative estimate of drug-likeness (QED) is 0.668. The van der Waals surface area contributed by atoms with Crippen molar-refractivity contribution in [1.82, 2.24) is 16.0 Å². The first-order valence-electron chi connectivity index (χ1n) is 6.71. The number of carbonyl (C=O) groups excluding carboxylic acids is 3. The highest BCUT2D eigenvalue weighted by Crippen LogP contribution is 2.20. The van der Waals surface area contributed by atoms with E-state index >= 15 is 0 Å². The van der Waals surface area contributed by atoms with Gasteiger partial charge in [0.05, 0.1) is 5.56 Å². The molecule has 0 unspecified atom stereocenters. The van der Waals surface area contributed by atoms with Gasteiger partial charge < -0.3 is 10.6 Å². The third-order valence-corrected chi connectivity index (χ3v) is 3.71. The fourth-order valence-corrected chi connectivity index (χ4v) is 2.56. The van der Waals surface area contributed by atoms with Crippen molar-refractivity contribution < 1.29 is 18.8 Å². The summed E-state index contributed by atoms with van der Waals surface area (Å²) in [5.74, 6) is -2.16. The molecule has 2 aliphatic rings. The second kappa shape index (κ2) is 5.25. The minimum absolute atomic E-state index is 0.0813. The number of piperidine rings is 1. The molecule has 0 spiro atoms. The summed E-state index contributed by atoms with van der Waals surface area (Å²) in [5.41, 5.74) is 1.64. The summed E-state index contributed by atoms with van der Waals surface area (Å²) < 4.78 is 14.0. The number of halogens is 1. The smallest absolute Gasteiger partial charge is 0.254 e. The zero-order chi connectivity index (χ0) is 15.0. The van der Waals surface area contributed by atoms with Gasteiger partial charge in [-0.25, -0.2) is 4.39 Å². The molecule has 2 aliphatic heterocycles. The van der Waals surface area contributed by atoms with Gasteiger partial charge in [0, 0.05) is 19.5 Å². The van der Waals surface area contributed by atoms with Gasteiger partial charge in [0.15, 0.2) is 0 Å². The molecule has 1 aromatic rings. The van der Waals surface area contributed by atoms with Crippen LogP contribution in [0.2, 0.25) is 0 Å². The van der Waals surface area contributed by atoms with E-state index in [0.29, 0.717) is 13.1 Å². The summed E-state index contributed by atoms with van der Waals surface area (Å²) >= 11 is 0. The first-order valence-corrected chi connectivity index (χ1v) is 6.71. The lowest BCUT2D eigenvalue weighted by molar-refractivity contribution is -0.134. The van der Waals surface area contributed by atoms with E-state index in [0.717, 1.165) is 11.1 Å². The van der Waals surface area contributed by atoms with E-state index in [9.17, 15) is 18.8 Å². The lowest BCUT2D eigenvalue weighted by Gasteiger charge is -2.22. The lowest BCUT2D eigenvalue weighted by atomic mass is 10.0. The third kappa shape index (κ3) is 2.64. The summed E-state index contributed by atoms with van der Waals surface area (Å²) in [4.78, 5) is 34.8. The molecule has 110 valence electrons. The van der Waals surface area contributed by atoms with Crippen LogP contribution in [-0.2, 0) is 22.7 Å². The van der Waals surface area contributed by atoms with Gasteiger partial charge in [-0.05, 0) is 29.7 Å². The molecule has 21 heavy (non-hydrogen) atoms. The molecule has 3 N–H and O–H groups in total. The second-order valence-electron chi connectivity index (χ2n) is 5.18. The molecule has 0 radical (unpaired) electrons. The molecule has 1 fully saturated rings. The number of benzene rings is 1.